The minimum absolute atomic E-state index is 0.556. The number of ether oxygens (including phenoxy) is 1. The maximum absolute atomic E-state index is 5.73. The smallest absolute Gasteiger partial charge is 0.0637 e. The summed E-state index contributed by atoms with van der Waals surface area (Å²) in [6.07, 6.45) is 3.65. The Morgan fingerprint density at radius 3 is 2.89 bits per heavy atom. The van der Waals surface area contributed by atoms with E-state index in [0.29, 0.717) is 18.1 Å². The van der Waals surface area contributed by atoms with Gasteiger partial charge in [0.1, 0.15) is 0 Å². The average Bonchev–Trinajstić information content (AvgIpc) is 2.60. The molecule has 1 N–H and O–H groups in total. The first-order valence-electron chi connectivity index (χ1n) is 7.45. The quantitative estimate of drug-likeness (QED) is 0.806. The van der Waals surface area contributed by atoms with Gasteiger partial charge >= 0.3 is 0 Å². The van der Waals surface area contributed by atoms with Crippen molar-refractivity contribution in [2.75, 3.05) is 46.9 Å². The van der Waals surface area contributed by atoms with E-state index in [-0.39, 0.29) is 0 Å². The van der Waals surface area contributed by atoms with Crippen LogP contribution in [0.1, 0.15) is 26.2 Å². The van der Waals surface area contributed by atoms with Crippen LogP contribution < -0.4 is 5.32 Å². The van der Waals surface area contributed by atoms with Gasteiger partial charge in [-0.25, -0.2) is 0 Å². The molecule has 0 aliphatic carbocycles. The summed E-state index contributed by atoms with van der Waals surface area (Å²) in [4.78, 5) is 5.19. The Bertz CT molecular complexity index is 249. The molecule has 18 heavy (non-hydrogen) atoms. The molecule has 0 aromatic heterocycles. The molecule has 2 aliphatic heterocycles. The van der Waals surface area contributed by atoms with Crippen LogP contribution in [0.25, 0.3) is 0 Å². The predicted molar refractivity (Wildman–Crippen MR) is 75.0 cm³/mol. The number of nitrogens with zero attached hydrogens (tertiary/aromatic N) is 2. The monoisotopic (exact) mass is 255 g/mol. The fraction of sp³-hybridized carbons (Fsp3) is 1.00. The van der Waals surface area contributed by atoms with Gasteiger partial charge in [-0.2, -0.15) is 0 Å². The summed E-state index contributed by atoms with van der Waals surface area (Å²) in [7, 11) is 4.34. The lowest BCUT2D eigenvalue weighted by Crippen LogP contribution is -2.58. The van der Waals surface area contributed by atoms with Gasteiger partial charge in [0.25, 0.3) is 0 Å². The lowest BCUT2D eigenvalue weighted by atomic mass is 9.99. The molecule has 0 radical (unpaired) electrons. The highest BCUT2D eigenvalue weighted by Gasteiger charge is 2.34. The molecule has 4 nitrogen and oxygen atoms in total. The second-order valence-electron chi connectivity index (χ2n) is 5.74. The maximum Gasteiger partial charge on any atom is 0.0637 e. The first kappa shape index (κ1) is 14.3. The molecule has 0 amide bonds. The molecule has 0 spiro atoms. The highest BCUT2D eigenvalue weighted by molar-refractivity contribution is 4.91. The molecule has 3 atom stereocenters. The van der Waals surface area contributed by atoms with Gasteiger partial charge in [0.2, 0.25) is 0 Å². The summed E-state index contributed by atoms with van der Waals surface area (Å²) in [6.45, 7) is 7.76. The molecule has 0 saturated carbocycles. The van der Waals surface area contributed by atoms with Crippen molar-refractivity contribution >= 4 is 0 Å². The SMILES string of the molecule is CCC1CN(C)CCCN1C1COCCC1NC. The summed E-state index contributed by atoms with van der Waals surface area (Å²) in [5.41, 5.74) is 0. The molecule has 2 rings (SSSR count). The van der Waals surface area contributed by atoms with Crippen molar-refractivity contribution in [2.45, 2.75) is 44.3 Å². The fourth-order valence-corrected chi connectivity index (χ4v) is 3.45. The molecular weight excluding hydrogens is 226 g/mol. The van der Waals surface area contributed by atoms with Crippen LogP contribution in [-0.4, -0.2) is 74.9 Å². The molecule has 4 heteroatoms. The maximum atomic E-state index is 5.73. The van der Waals surface area contributed by atoms with Crippen molar-refractivity contribution in [1.29, 1.82) is 0 Å². The summed E-state index contributed by atoms with van der Waals surface area (Å²) in [6, 6.07) is 1.83. The number of nitrogens with one attached hydrogen (secondary N) is 1. The van der Waals surface area contributed by atoms with Crippen LogP contribution in [0.3, 0.4) is 0 Å². The number of hydrogen-bond donors (Lipinski definition) is 1. The summed E-state index contributed by atoms with van der Waals surface area (Å²) in [5.74, 6) is 0. The van der Waals surface area contributed by atoms with Crippen LogP contribution in [0.15, 0.2) is 0 Å². The lowest BCUT2D eigenvalue weighted by molar-refractivity contribution is -0.0177. The first-order chi connectivity index (χ1) is 8.76. The van der Waals surface area contributed by atoms with E-state index in [1.807, 2.05) is 0 Å². The van der Waals surface area contributed by atoms with E-state index < -0.39 is 0 Å². The molecule has 2 aliphatic rings. The topological polar surface area (TPSA) is 27.7 Å². The Labute approximate surface area is 112 Å². The van der Waals surface area contributed by atoms with Gasteiger partial charge < -0.3 is 15.0 Å². The third kappa shape index (κ3) is 3.23. The van der Waals surface area contributed by atoms with Crippen LogP contribution in [0.2, 0.25) is 0 Å². The second-order valence-corrected chi connectivity index (χ2v) is 5.74. The highest BCUT2D eigenvalue weighted by atomic mass is 16.5. The number of hydrogen-bond acceptors (Lipinski definition) is 4. The lowest BCUT2D eigenvalue weighted by Gasteiger charge is -2.43. The fourth-order valence-electron chi connectivity index (χ4n) is 3.45. The molecule has 0 bridgehead atoms. The highest BCUT2D eigenvalue weighted by Crippen LogP contribution is 2.21. The Balaban J connectivity index is 2.07. The third-order valence-electron chi connectivity index (χ3n) is 4.54. The predicted octanol–water partition coefficient (Wildman–Crippen LogP) is 0.779. The molecule has 2 saturated heterocycles. The van der Waals surface area contributed by atoms with Crippen molar-refractivity contribution in [3.05, 3.63) is 0 Å². The Morgan fingerprint density at radius 1 is 1.33 bits per heavy atom. The normalized spacial score (nSPS) is 36.5. The zero-order valence-corrected chi connectivity index (χ0v) is 12.2. The van der Waals surface area contributed by atoms with Gasteiger partial charge in [-0.3, -0.25) is 4.90 Å². The van der Waals surface area contributed by atoms with Crippen molar-refractivity contribution in [1.82, 2.24) is 15.1 Å². The number of likely N-dealkylation sites (N-methyl/N-ethyl adjacent to an activating group) is 2. The van der Waals surface area contributed by atoms with Crippen LogP contribution in [-0.2, 0) is 4.74 Å². The Hall–Kier alpha value is -0.160. The van der Waals surface area contributed by atoms with Crippen molar-refractivity contribution < 1.29 is 4.74 Å². The summed E-state index contributed by atoms with van der Waals surface area (Å²) in [5, 5.41) is 3.49. The molecule has 2 fully saturated rings. The zero-order chi connectivity index (χ0) is 13.0. The van der Waals surface area contributed by atoms with E-state index in [0.717, 1.165) is 19.6 Å². The summed E-state index contributed by atoms with van der Waals surface area (Å²) >= 11 is 0. The largest absolute Gasteiger partial charge is 0.380 e. The van der Waals surface area contributed by atoms with Gasteiger partial charge in [-0.1, -0.05) is 6.92 Å². The molecule has 2 heterocycles. The standard InChI is InChI=1S/C14H29N3O/c1-4-12-10-16(3)7-5-8-17(12)14-11-18-9-6-13(14)15-2/h12-15H,4-11H2,1-3H3. The van der Waals surface area contributed by atoms with Crippen LogP contribution in [0.5, 0.6) is 0 Å². The molecule has 3 unspecified atom stereocenters. The minimum Gasteiger partial charge on any atom is -0.380 e. The molecule has 106 valence electrons. The second kappa shape index (κ2) is 6.85. The Morgan fingerprint density at radius 2 is 2.17 bits per heavy atom. The zero-order valence-electron chi connectivity index (χ0n) is 12.2. The molecule has 0 aromatic carbocycles. The van der Waals surface area contributed by atoms with Crippen molar-refractivity contribution in [2.24, 2.45) is 0 Å². The van der Waals surface area contributed by atoms with E-state index >= 15 is 0 Å². The van der Waals surface area contributed by atoms with Gasteiger partial charge in [-0.05, 0) is 39.9 Å². The van der Waals surface area contributed by atoms with Crippen molar-refractivity contribution in [3.8, 4) is 0 Å². The van der Waals surface area contributed by atoms with E-state index in [4.69, 9.17) is 4.74 Å². The molecule has 0 aromatic rings. The third-order valence-corrected chi connectivity index (χ3v) is 4.54. The van der Waals surface area contributed by atoms with Gasteiger partial charge in [0.15, 0.2) is 0 Å². The summed E-state index contributed by atoms with van der Waals surface area (Å²) < 4.78 is 5.73. The van der Waals surface area contributed by atoms with Gasteiger partial charge in [0, 0.05) is 37.8 Å². The molecular formula is C14H29N3O. The van der Waals surface area contributed by atoms with Crippen molar-refractivity contribution in [3.63, 3.8) is 0 Å². The van der Waals surface area contributed by atoms with E-state index in [9.17, 15) is 0 Å². The van der Waals surface area contributed by atoms with E-state index in [1.165, 1.54) is 32.5 Å². The van der Waals surface area contributed by atoms with Gasteiger partial charge in [0.05, 0.1) is 6.61 Å². The van der Waals surface area contributed by atoms with Gasteiger partial charge in [-0.15, -0.1) is 0 Å². The van der Waals surface area contributed by atoms with Crippen LogP contribution in [0, 0.1) is 0 Å². The van der Waals surface area contributed by atoms with Crippen LogP contribution >= 0.6 is 0 Å². The van der Waals surface area contributed by atoms with E-state index in [2.05, 4.69) is 36.1 Å². The first-order valence-corrected chi connectivity index (χ1v) is 7.45. The van der Waals surface area contributed by atoms with E-state index in [1.54, 1.807) is 0 Å². The minimum atomic E-state index is 0.556. The average molecular weight is 255 g/mol. The van der Waals surface area contributed by atoms with Crippen LogP contribution in [0.4, 0.5) is 0 Å². The number of rotatable bonds is 3. The Kier molecular flexibility index (Phi) is 5.42.